The van der Waals surface area contributed by atoms with E-state index >= 15 is 0 Å². The summed E-state index contributed by atoms with van der Waals surface area (Å²) in [6.07, 6.45) is 5.63. The number of carbonyl (C=O) groups is 1. The van der Waals surface area contributed by atoms with Gasteiger partial charge in [0.1, 0.15) is 0 Å². The number of amides is 1. The molecule has 5 rings (SSSR count). The number of carbonyl (C=O) groups excluding carboxylic acids is 1. The summed E-state index contributed by atoms with van der Waals surface area (Å²) in [6.45, 7) is 2.86. The highest BCUT2D eigenvalue weighted by Crippen LogP contribution is 2.30. The smallest absolute Gasteiger partial charge is 0.257 e. The molecule has 3 aromatic rings. The molecule has 0 saturated heterocycles. The van der Waals surface area contributed by atoms with Crippen LogP contribution in [0.1, 0.15) is 50.5 Å². The Kier molecular flexibility index (Phi) is 6.52. The quantitative estimate of drug-likeness (QED) is 0.603. The molecule has 4 nitrogen and oxygen atoms in total. The topological polar surface area (TPSA) is 45.2 Å². The first-order valence-corrected chi connectivity index (χ1v) is 11.2. The van der Waals surface area contributed by atoms with Crippen molar-refractivity contribution >= 4 is 34.8 Å². The van der Waals surface area contributed by atoms with Crippen molar-refractivity contribution < 1.29 is 4.79 Å². The van der Waals surface area contributed by atoms with Crippen LogP contribution < -0.4 is 5.32 Å². The minimum atomic E-state index is -0.0504. The van der Waals surface area contributed by atoms with Crippen LogP contribution in [0.5, 0.6) is 0 Å². The number of aromatic nitrogens is 1. The van der Waals surface area contributed by atoms with Crippen molar-refractivity contribution in [3.05, 3.63) is 81.4 Å². The fraction of sp³-hybridized carbons (Fsp3) is 0.333. The van der Waals surface area contributed by atoms with Gasteiger partial charge in [-0.2, -0.15) is 0 Å². The van der Waals surface area contributed by atoms with Crippen LogP contribution in [0, 0.1) is 0 Å². The van der Waals surface area contributed by atoms with Gasteiger partial charge in [0.25, 0.3) is 5.91 Å². The third kappa shape index (κ3) is 4.59. The van der Waals surface area contributed by atoms with Crippen molar-refractivity contribution in [2.75, 3.05) is 11.9 Å². The number of benzene rings is 2. The number of nitrogens with zero attached hydrogens (tertiary/aromatic N) is 2. The number of thiazole rings is 1. The lowest BCUT2D eigenvalue weighted by Crippen LogP contribution is -2.29. The summed E-state index contributed by atoms with van der Waals surface area (Å²) in [7, 11) is 0. The summed E-state index contributed by atoms with van der Waals surface area (Å²) >= 11 is 1.62. The van der Waals surface area contributed by atoms with Gasteiger partial charge < -0.3 is 0 Å². The molecule has 1 amide bonds. The highest BCUT2D eigenvalue weighted by Gasteiger charge is 2.22. The largest absolute Gasteiger partial charge is 0.298 e. The Morgan fingerprint density at radius 1 is 1.03 bits per heavy atom. The van der Waals surface area contributed by atoms with Crippen LogP contribution in [0.25, 0.3) is 0 Å². The first-order valence-electron chi connectivity index (χ1n) is 10.4. The van der Waals surface area contributed by atoms with Gasteiger partial charge in [0.2, 0.25) is 0 Å². The first kappa shape index (κ1) is 21.0. The Morgan fingerprint density at radius 2 is 1.83 bits per heavy atom. The molecule has 6 heteroatoms. The normalized spacial score (nSPS) is 15.6. The Morgan fingerprint density at radius 3 is 2.67 bits per heavy atom. The van der Waals surface area contributed by atoms with E-state index in [1.54, 1.807) is 11.3 Å². The Balaban J connectivity index is 0.00000218. The van der Waals surface area contributed by atoms with E-state index in [0.29, 0.717) is 0 Å². The van der Waals surface area contributed by atoms with Gasteiger partial charge in [0.05, 0.1) is 5.69 Å². The van der Waals surface area contributed by atoms with Crippen LogP contribution >= 0.6 is 23.7 Å². The predicted octanol–water partition coefficient (Wildman–Crippen LogP) is 5.25. The maximum atomic E-state index is 12.8. The molecular weight excluding hydrogens is 414 g/mol. The van der Waals surface area contributed by atoms with Gasteiger partial charge >= 0.3 is 0 Å². The van der Waals surface area contributed by atoms with Gasteiger partial charge in [-0.1, -0.05) is 36.4 Å². The second-order valence-corrected chi connectivity index (χ2v) is 9.06. The Hall–Kier alpha value is -2.21. The third-order valence-corrected chi connectivity index (χ3v) is 6.89. The first-order chi connectivity index (χ1) is 14.2. The molecule has 156 valence electrons. The molecule has 0 unspecified atom stereocenters. The van der Waals surface area contributed by atoms with Gasteiger partial charge in [-0.25, -0.2) is 4.98 Å². The summed E-state index contributed by atoms with van der Waals surface area (Å²) in [6, 6.07) is 16.7. The second kappa shape index (κ2) is 9.29. The van der Waals surface area contributed by atoms with Crippen molar-refractivity contribution in [3.63, 3.8) is 0 Å². The van der Waals surface area contributed by atoms with Gasteiger partial charge in [0.15, 0.2) is 5.13 Å². The van der Waals surface area contributed by atoms with Gasteiger partial charge in [-0.15, -0.1) is 23.7 Å². The number of nitrogens with one attached hydrogen (secondary N) is 1. The zero-order chi connectivity index (χ0) is 19.6. The SMILES string of the molecule is Cl.O=C(Nc1nc2c(s1)CN(Cc1ccccc1)CC2)c1ccc2c(c1)CCCC2. The van der Waals surface area contributed by atoms with E-state index in [1.807, 2.05) is 6.07 Å². The van der Waals surface area contributed by atoms with Crippen LogP contribution in [0.2, 0.25) is 0 Å². The molecule has 30 heavy (non-hydrogen) atoms. The molecule has 2 heterocycles. The van der Waals surface area contributed by atoms with Gasteiger partial charge in [-0.05, 0) is 54.5 Å². The minimum absolute atomic E-state index is 0. The molecule has 1 aromatic heterocycles. The van der Waals surface area contributed by atoms with Crippen molar-refractivity contribution in [3.8, 4) is 0 Å². The van der Waals surface area contributed by atoms with Crippen molar-refractivity contribution in [2.24, 2.45) is 0 Å². The summed E-state index contributed by atoms with van der Waals surface area (Å²) < 4.78 is 0. The molecule has 1 aliphatic carbocycles. The molecular formula is C24H26ClN3OS. The molecule has 0 radical (unpaired) electrons. The second-order valence-electron chi connectivity index (χ2n) is 7.98. The molecule has 2 aliphatic rings. The van der Waals surface area contributed by atoms with E-state index in [0.717, 1.165) is 55.3 Å². The lowest BCUT2D eigenvalue weighted by atomic mass is 9.90. The van der Waals surface area contributed by atoms with Crippen molar-refractivity contribution in [1.29, 1.82) is 0 Å². The number of rotatable bonds is 4. The summed E-state index contributed by atoms with van der Waals surface area (Å²) in [5.41, 5.74) is 5.95. The highest BCUT2D eigenvalue weighted by molar-refractivity contribution is 7.15. The average Bonchev–Trinajstić information content (AvgIpc) is 3.15. The molecule has 1 N–H and O–H groups in total. The molecule has 0 spiro atoms. The lowest BCUT2D eigenvalue weighted by molar-refractivity contribution is 0.102. The molecule has 0 bridgehead atoms. The fourth-order valence-electron chi connectivity index (χ4n) is 4.32. The summed E-state index contributed by atoms with van der Waals surface area (Å²) in [5, 5.41) is 3.76. The van der Waals surface area contributed by atoms with Crippen LogP contribution in [-0.2, 0) is 32.4 Å². The van der Waals surface area contributed by atoms with Gasteiger partial charge in [0, 0.05) is 36.5 Å². The molecule has 0 atom stereocenters. The highest BCUT2D eigenvalue weighted by atomic mass is 35.5. The average molecular weight is 440 g/mol. The van der Waals surface area contributed by atoms with Crippen LogP contribution in [0.15, 0.2) is 48.5 Å². The van der Waals surface area contributed by atoms with E-state index in [2.05, 4.69) is 52.7 Å². The van der Waals surface area contributed by atoms with Crippen LogP contribution in [-0.4, -0.2) is 22.3 Å². The van der Waals surface area contributed by atoms with Crippen LogP contribution in [0.4, 0.5) is 5.13 Å². The van der Waals surface area contributed by atoms with Crippen molar-refractivity contribution in [1.82, 2.24) is 9.88 Å². The zero-order valence-corrected chi connectivity index (χ0v) is 18.5. The lowest BCUT2D eigenvalue weighted by Gasteiger charge is -2.25. The number of halogens is 1. The van der Waals surface area contributed by atoms with Crippen molar-refractivity contribution in [2.45, 2.75) is 45.2 Å². The number of hydrogen-bond donors (Lipinski definition) is 1. The van der Waals surface area contributed by atoms with E-state index in [1.165, 1.54) is 34.4 Å². The maximum absolute atomic E-state index is 12.8. The Bertz CT molecular complexity index is 1030. The molecule has 0 fully saturated rings. The Labute approximate surface area is 187 Å². The van der Waals surface area contributed by atoms with E-state index in [-0.39, 0.29) is 18.3 Å². The molecule has 1 aliphatic heterocycles. The van der Waals surface area contributed by atoms with E-state index < -0.39 is 0 Å². The standard InChI is InChI=1S/C24H25N3OS.ClH/c28-23(20-11-10-18-8-4-5-9-19(18)14-20)26-24-25-21-12-13-27(16-22(21)29-24)15-17-6-2-1-3-7-17;/h1-3,6-7,10-11,14H,4-5,8-9,12-13,15-16H2,(H,25,26,28);1H. The number of aryl methyl sites for hydroxylation is 2. The zero-order valence-electron chi connectivity index (χ0n) is 16.9. The molecule has 2 aromatic carbocycles. The van der Waals surface area contributed by atoms with E-state index in [9.17, 15) is 4.79 Å². The minimum Gasteiger partial charge on any atom is -0.298 e. The molecule has 0 saturated carbocycles. The van der Waals surface area contributed by atoms with Crippen LogP contribution in [0.3, 0.4) is 0 Å². The summed E-state index contributed by atoms with van der Waals surface area (Å²) in [5.74, 6) is -0.0504. The predicted molar refractivity (Wildman–Crippen MR) is 125 cm³/mol. The monoisotopic (exact) mass is 439 g/mol. The fourth-order valence-corrected chi connectivity index (χ4v) is 5.37. The number of anilines is 1. The number of hydrogen-bond acceptors (Lipinski definition) is 4. The summed E-state index contributed by atoms with van der Waals surface area (Å²) in [4.78, 5) is 21.2. The maximum Gasteiger partial charge on any atom is 0.257 e. The van der Waals surface area contributed by atoms with E-state index in [4.69, 9.17) is 4.98 Å². The number of fused-ring (bicyclic) bond motifs is 2. The van der Waals surface area contributed by atoms with Gasteiger partial charge in [-0.3, -0.25) is 15.0 Å². The third-order valence-electron chi connectivity index (χ3n) is 5.89.